The molecule has 6 heteroatoms. The molecule has 0 spiro atoms. The molecule has 1 rings (SSSR count). The van der Waals surface area contributed by atoms with E-state index in [0.717, 1.165) is 5.69 Å². The molecule has 0 fully saturated rings. The lowest BCUT2D eigenvalue weighted by molar-refractivity contribution is -0.139. The highest BCUT2D eigenvalue weighted by molar-refractivity contribution is 14.1. The number of aromatic nitrogens is 1. The number of hydrogen-bond acceptors (Lipinski definition) is 4. The Balaban J connectivity index is 2.53. The van der Waals surface area contributed by atoms with Crippen molar-refractivity contribution >= 4 is 34.5 Å². The molecule has 0 saturated carbocycles. The number of rotatable bonds is 4. The summed E-state index contributed by atoms with van der Waals surface area (Å²) in [6.45, 7) is 2.06. The first-order chi connectivity index (χ1) is 8.04. The van der Waals surface area contributed by atoms with Gasteiger partial charge in [0.25, 0.3) is 5.91 Å². The van der Waals surface area contributed by atoms with Crippen LogP contribution in [0.3, 0.4) is 0 Å². The van der Waals surface area contributed by atoms with Crippen LogP contribution in [0.2, 0.25) is 0 Å². The summed E-state index contributed by atoms with van der Waals surface area (Å²) in [5.74, 6) is -0.571. The first-order valence-electron chi connectivity index (χ1n) is 4.97. The van der Waals surface area contributed by atoms with Crippen molar-refractivity contribution in [3.05, 3.63) is 29.6 Å². The highest BCUT2D eigenvalue weighted by Crippen LogP contribution is 2.03. The number of pyridine rings is 1. The molecule has 1 unspecified atom stereocenters. The average Bonchev–Trinajstić information content (AvgIpc) is 2.34. The third-order valence-electron chi connectivity index (χ3n) is 2.06. The van der Waals surface area contributed by atoms with Crippen molar-refractivity contribution in [1.29, 1.82) is 0 Å². The van der Waals surface area contributed by atoms with Crippen molar-refractivity contribution in [2.75, 3.05) is 13.7 Å². The topological polar surface area (TPSA) is 68.3 Å². The van der Waals surface area contributed by atoms with E-state index in [1.165, 1.54) is 7.11 Å². The Morgan fingerprint density at radius 3 is 2.88 bits per heavy atom. The minimum atomic E-state index is -0.385. The fraction of sp³-hybridized carbons (Fsp3) is 0.364. The standard InChI is InChI=1S/C11H13IN2O3/c1-7-5-8(3-4-13-7)10(15)14-6-9(12)11(16)17-2/h3-5,9H,6H2,1-2H3,(H,14,15). The summed E-state index contributed by atoms with van der Waals surface area (Å²) in [7, 11) is 1.32. The summed E-state index contributed by atoms with van der Waals surface area (Å²) in [6.07, 6.45) is 1.58. The zero-order valence-corrected chi connectivity index (χ0v) is 11.7. The van der Waals surface area contributed by atoms with Crippen molar-refractivity contribution < 1.29 is 14.3 Å². The molecule has 0 aliphatic rings. The Hall–Kier alpha value is -1.18. The second kappa shape index (κ2) is 6.53. The van der Waals surface area contributed by atoms with Crippen LogP contribution in [0, 0.1) is 6.92 Å². The quantitative estimate of drug-likeness (QED) is 0.503. The number of nitrogens with one attached hydrogen (secondary N) is 1. The number of ether oxygens (including phenoxy) is 1. The van der Waals surface area contributed by atoms with Gasteiger partial charge in [0.1, 0.15) is 3.92 Å². The van der Waals surface area contributed by atoms with E-state index < -0.39 is 0 Å². The van der Waals surface area contributed by atoms with Gasteiger partial charge in [0.05, 0.1) is 7.11 Å². The number of methoxy groups -OCH3 is 1. The molecule has 92 valence electrons. The van der Waals surface area contributed by atoms with E-state index >= 15 is 0 Å². The van der Waals surface area contributed by atoms with Crippen molar-refractivity contribution in [3.8, 4) is 0 Å². The van der Waals surface area contributed by atoms with E-state index in [1.807, 2.05) is 29.5 Å². The first kappa shape index (κ1) is 13.9. The summed E-state index contributed by atoms with van der Waals surface area (Å²) in [5, 5.41) is 2.67. The Morgan fingerprint density at radius 2 is 2.29 bits per heavy atom. The van der Waals surface area contributed by atoms with Gasteiger partial charge < -0.3 is 10.1 Å². The maximum atomic E-state index is 11.7. The van der Waals surface area contributed by atoms with Crippen LogP contribution in [0.1, 0.15) is 16.1 Å². The number of carbonyl (C=O) groups is 2. The van der Waals surface area contributed by atoms with Crippen molar-refractivity contribution in [2.45, 2.75) is 10.8 Å². The van der Waals surface area contributed by atoms with Crippen LogP contribution in [-0.2, 0) is 9.53 Å². The summed E-state index contributed by atoms with van der Waals surface area (Å²) in [6, 6.07) is 3.32. The zero-order valence-electron chi connectivity index (χ0n) is 9.57. The van der Waals surface area contributed by atoms with Gasteiger partial charge in [-0.15, -0.1) is 0 Å². The van der Waals surface area contributed by atoms with Gasteiger partial charge in [0, 0.05) is 24.0 Å². The van der Waals surface area contributed by atoms with E-state index in [9.17, 15) is 9.59 Å². The number of nitrogens with zero attached hydrogens (tertiary/aromatic N) is 1. The largest absolute Gasteiger partial charge is 0.468 e. The predicted octanol–water partition coefficient (Wildman–Crippen LogP) is 1.10. The minimum Gasteiger partial charge on any atom is -0.468 e. The van der Waals surface area contributed by atoms with E-state index in [-0.39, 0.29) is 22.3 Å². The molecule has 0 aromatic carbocycles. The van der Waals surface area contributed by atoms with E-state index in [4.69, 9.17) is 0 Å². The summed E-state index contributed by atoms with van der Waals surface area (Å²) in [4.78, 5) is 26.8. The molecule has 1 aromatic heterocycles. The highest BCUT2D eigenvalue weighted by Gasteiger charge is 2.16. The lowest BCUT2D eigenvalue weighted by atomic mass is 10.2. The van der Waals surface area contributed by atoms with Gasteiger partial charge in [-0.05, 0) is 19.1 Å². The van der Waals surface area contributed by atoms with Gasteiger partial charge >= 0.3 is 5.97 Å². The van der Waals surface area contributed by atoms with Gasteiger partial charge in [-0.3, -0.25) is 14.6 Å². The van der Waals surface area contributed by atoms with Gasteiger partial charge in [0.2, 0.25) is 0 Å². The van der Waals surface area contributed by atoms with Gasteiger partial charge in [-0.1, -0.05) is 22.6 Å². The molecule has 0 aliphatic carbocycles. The number of esters is 1. The van der Waals surface area contributed by atoms with Crippen LogP contribution in [-0.4, -0.2) is 34.4 Å². The number of aryl methyl sites for hydroxylation is 1. The molecule has 0 radical (unpaired) electrons. The lowest BCUT2D eigenvalue weighted by Gasteiger charge is -2.09. The molecule has 1 heterocycles. The number of alkyl halides is 1. The average molecular weight is 348 g/mol. The van der Waals surface area contributed by atoms with E-state index in [1.54, 1.807) is 18.3 Å². The molecule has 0 bridgehead atoms. The summed E-state index contributed by atoms with van der Waals surface area (Å²) < 4.78 is 4.18. The fourth-order valence-corrected chi connectivity index (χ4v) is 1.66. The molecule has 1 atom stereocenters. The summed E-state index contributed by atoms with van der Waals surface area (Å²) >= 11 is 1.93. The highest BCUT2D eigenvalue weighted by atomic mass is 127. The Labute approximate surface area is 113 Å². The molecule has 1 amide bonds. The van der Waals surface area contributed by atoms with Crippen LogP contribution in [0.5, 0.6) is 0 Å². The Bertz CT molecular complexity index is 423. The molecule has 1 aromatic rings. The van der Waals surface area contributed by atoms with Crippen LogP contribution in [0.4, 0.5) is 0 Å². The van der Waals surface area contributed by atoms with E-state index in [2.05, 4.69) is 15.0 Å². The fourth-order valence-electron chi connectivity index (χ4n) is 1.18. The van der Waals surface area contributed by atoms with Gasteiger partial charge in [0.15, 0.2) is 0 Å². The smallest absolute Gasteiger partial charge is 0.320 e. The van der Waals surface area contributed by atoms with Crippen molar-refractivity contribution in [3.63, 3.8) is 0 Å². The molecule has 1 N–H and O–H groups in total. The van der Waals surface area contributed by atoms with Gasteiger partial charge in [-0.2, -0.15) is 0 Å². The number of amides is 1. The van der Waals surface area contributed by atoms with Crippen LogP contribution >= 0.6 is 22.6 Å². The molecular weight excluding hydrogens is 335 g/mol. The van der Waals surface area contributed by atoms with Gasteiger partial charge in [-0.25, -0.2) is 0 Å². The van der Waals surface area contributed by atoms with Crippen LogP contribution < -0.4 is 5.32 Å². The maximum absolute atomic E-state index is 11.7. The normalized spacial score (nSPS) is 11.7. The number of carbonyl (C=O) groups excluding carboxylic acids is 2. The number of hydrogen-bond donors (Lipinski definition) is 1. The minimum absolute atomic E-state index is 0.221. The second-order valence-corrected chi connectivity index (χ2v) is 4.89. The zero-order chi connectivity index (χ0) is 12.8. The second-order valence-electron chi connectivity index (χ2n) is 3.39. The first-order valence-corrected chi connectivity index (χ1v) is 6.22. The molecule has 0 aliphatic heterocycles. The number of halogens is 1. The van der Waals surface area contributed by atoms with Crippen molar-refractivity contribution in [2.24, 2.45) is 0 Å². The third-order valence-corrected chi connectivity index (χ3v) is 3.01. The Kier molecular flexibility index (Phi) is 5.33. The Morgan fingerprint density at radius 1 is 1.59 bits per heavy atom. The molecule has 5 nitrogen and oxygen atoms in total. The van der Waals surface area contributed by atoms with Crippen molar-refractivity contribution in [1.82, 2.24) is 10.3 Å². The third kappa shape index (κ3) is 4.29. The van der Waals surface area contributed by atoms with Crippen LogP contribution in [0.25, 0.3) is 0 Å². The van der Waals surface area contributed by atoms with E-state index in [0.29, 0.717) is 5.56 Å². The summed E-state index contributed by atoms with van der Waals surface area (Å²) in [5.41, 5.74) is 1.31. The maximum Gasteiger partial charge on any atom is 0.320 e. The SMILES string of the molecule is COC(=O)C(I)CNC(=O)c1ccnc(C)c1. The predicted molar refractivity (Wildman–Crippen MR) is 71.1 cm³/mol. The van der Waals surface area contributed by atoms with Crippen LogP contribution in [0.15, 0.2) is 18.3 Å². The molecule has 17 heavy (non-hydrogen) atoms. The lowest BCUT2D eigenvalue weighted by Crippen LogP contribution is -2.33. The molecular formula is C11H13IN2O3. The monoisotopic (exact) mass is 348 g/mol. The molecule has 0 saturated heterocycles.